The van der Waals surface area contributed by atoms with Crippen LogP contribution in [-0.4, -0.2) is 32.7 Å². The van der Waals surface area contributed by atoms with Crippen molar-refractivity contribution in [1.29, 1.82) is 0 Å². The molecule has 1 aliphatic rings. The fraction of sp³-hybridized carbons (Fsp3) is 0.524. The summed E-state index contributed by atoms with van der Waals surface area (Å²) in [7, 11) is 2.03. The molecule has 5 nitrogen and oxygen atoms in total. The fourth-order valence-corrected chi connectivity index (χ4v) is 4.31. The number of rotatable bonds is 4. The summed E-state index contributed by atoms with van der Waals surface area (Å²) >= 11 is 0. The van der Waals surface area contributed by atoms with Gasteiger partial charge in [0.1, 0.15) is 5.69 Å². The number of ketones is 1. The Morgan fingerprint density at radius 2 is 2.04 bits per heavy atom. The third kappa shape index (κ3) is 3.22. The number of aromatic nitrogens is 2. The molecule has 0 bridgehead atoms. The smallest absolute Gasteiger partial charge is 0.271 e. The van der Waals surface area contributed by atoms with Crippen molar-refractivity contribution in [2.75, 3.05) is 6.54 Å². The Balaban J connectivity index is 2.03. The van der Waals surface area contributed by atoms with Crippen molar-refractivity contribution < 1.29 is 9.59 Å². The van der Waals surface area contributed by atoms with Gasteiger partial charge in [-0.25, -0.2) is 0 Å². The Labute approximate surface area is 155 Å². The summed E-state index contributed by atoms with van der Waals surface area (Å²) < 4.78 is 2.11. The van der Waals surface area contributed by atoms with Gasteiger partial charge in [0, 0.05) is 36.7 Å². The summed E-state index contributed by atoms with van der Waals surface area (Å²) in [6, 6.07) is 4.23. The highest BCUT2D eigenvalue weighted by Gasteiger charge is 2.32. The highest BCUT2D eigenvalue weighted by atomic mass is 16.2. The summed E-state index contributed by atoms with van der Waals surface area (Å²) in [6.07, 6.45) is 6.98. The first-order valence-electron chi connectivity index (χ1n) is 9.60. The van der Waals surface area contributed by atoms with Gasteiger partial charge >= 0.3 is 0 Å². The molecule has 0 aliphatic carbocycles. The number of hydrogen-bond donors (Lipinski definition) is 1. The molecule has 140 valence electrons. The summed E-state index contributed by atoms with van der Waals surface area (Å²) in [5, 5.41) is 0. The van der Waals surface area contributed by atoms with Crippen LogP contribution in [0.2, 0.25) is 0 Å². The molecule has 1 aliphatic heterocycles. The van der Waals surface area contributed by atoms with Crippen LogP contribution in [0.4, 0.5) is 0 Å². The lowest BCUT2D eigenvalue weighted by Gasteiger charge is -2.30. The Morgan fingerprint density at radius 1 is 1.27 bits per heavy atom. The first-order chi connectivity index (χ1) is 12.5. The van der Waals surface area contributed by atoms with Crippen LogP contribution in [0.25, 0.3) is 0 Å². The van der Waals surface area contributed by atoms with Gasteiger partial charge < -0.3 is 14.5 Å². The predicted molar refractivity (Wildman–Crippen MR) is 103 cm³/mol. The Hall–Kier alpha value is -2.30. The molecule has 3 rings (SSSR count). The van der Waals surface area contributed by atoms with Crippen LogP contribution in [-0.2, 0) is 13.5 Å². The number of nitrogens with one attached hydrogen (secondary N) is 1. The van der Waals surface area contributed by atoms with Crippen LogP contribution in [0.15, 0.2) is 18.3 Å². The van der Waals surface area contributed by atoms with E-state index in [4.69, 9.17) is 0 Å². The number of aryl methyl sites for hydroxylation is 2. The highest BCUT2D eigenvalue weighted by Crippen LogP contribution is 2.32. The van der Waals surface area contributed by atoms with E-state index in [2.05, 4.69) is 15.6 Å². The van der Waals surface area contributed by atoms with Gasteiger partial charge in [0.2, 0.25) is 0 Å². The second-order valence-electron chi connectivity index (χ2n) is 7.30. The summed E-state index contributed by atoms with van der Waals surface area (Å²) in [5.41, 5.74) is 4.10. The Bertz CT molecular complexity index is 815. The second kappa shape index (κ2) is 7.52. The standard InChI is InChI=1S/C21H29N3O2/c1-5-16-19(15(3)25)14(2)22-20(16)21(26)24-13-8-6-7-10-18(24)17-11-9-12-23(17)4/h9,11-12,18,22H,5-8,10,13H2,1-4H3/t18-/m1/s1. The molecule has 0 radical (unpaired) electrons. The average molecular weight is 355 g/mol. The quantitative estimate of drug-likeness (QED) is 0.836. The lowest BCUT2D eigenvalue weighted by Crippen LogP contribution is -2.36. The minimum absolute atomic E-state index is 0.0181. The molecule has 1 N–H and O–H groups in total. The first-order valence-corrected chi connectivity index (χ1v) is 9.60. The number of likely N-dealkylation sites (tertiary alicyclic amines) is 1. The topological polar surface area (TPSA) is 58.1 Å². The van der Waals surface area contributed by atoms with Crippen LogP contribution in [0.3, 0.4) is 0 Å². The summed E-state index contributed by atoms with van der Waals surface area (Å²) in [6.45, 7) is 6.21. The second-order valence-corrected chi connectivity index (χ2v) is 7.30. The van der Waals surface area contributed by atoms with E-state index in [9.17, 15) is 9.59 Å². The monoisotopic (exact) mass is 355 g/mol. The lowest BCUT2D eigenvalue weighted by atomic mass is 10.0. The van der Waals surface area contributed by atoms with Gasteiger partial charge in [0.15, 0.2) is 5.78 Å². The molecule has 0 unspecified atom stereocenters. The van der Waals surface area contributed by atoms with E-state index in [0.29, 0.717) is 17.7 Å². The van der Waals surface area contributed by atoms with Gasteiger partial charge in [0.05, 0.1) is 6.04 Å². The number of amides is 1. The average Bonchev–Trinajstić information content (AvgIpc) is 3.08. The van der Waals surface area contributed by atoms with Crippen molar-refractivity contribution in [2.24, 2.45) is 7.05 Å². The number of H-pyrrole nitrogens is 1. The van der Waals surface area contributed by atoms with Crippen LogP contribution in [0.1, 0.15) is 83.4 Å². The van der Waals surface area contributed by atoms with Crippen molar-refractivity contribution >= 4 is 11.7 Å². The lowest BCUT2D eigenvalue weighted by molar-refractivity contribution is 0.0668. The zero-order valence-electron chi connectivity index (χ0n) is 16.3. The molecule has 5 heteroatoms. The van der Waals surface area contributed by atoms with Gasteiger partial charge in [0.25, 0.3) is 5.91 Å². The van der Waals surface area contributed by atoms with Gasteiger partial charge in [-0.05, 0) is 50.8 Å². The van der Waals surface area contributed by atoms with E-state index in [1.54, 1.807) is 6.92 Å². The molecule has 1 fully saturated rings. The summed E-state index contributed by atoms with van der Waals surface area (Å²) in [5.74, 6) is 0.0371. The molecule has 1 saturated heterocycles. The molecule has 1 amide bonds. The molecular weight excluding hydrogens is 326 g/mol. The zero-order valence-corrected chi connectivity index (χ0v) is 16.3. The third-order valence-corrected chi connectivity index (χ3v) is 5.55. The maximum absolute atomic E-state index is 13.5. The van der Waals surface area contributed by atoms with E-state index >= 15 is 0 Å². The number of hydrogen-bond acceptors (Lipinski definition) is 2. The van der Waals surface area contributed by atoms with Crippen LogP contribution in [0.5, 0.6) is 0 Å². The van der Waals surface area contributed by atoms with E-state index in [1.165, 1.54) is 5.69 Å². The van der Waals surface area contributed by atoms with Crippen LogP contribution in [0, 0.1) is 6.92 Å². The molecule has 2 aromatic rings. The Morgan fingerprint density at radius 3 is 2.65 bits per heavy atom. The van der Waals surface area contributed by atoms with Gasteiger partial charge in [-0.15, -0.1) is 0 Å². The predicted octanol–water partition coefficient (Wildman–Crippen LogP) is 4.18. The minimum Gasteiger partial charge on any atom is -0.354 e. The normalized spacial score (nSPS) is 18.0. The van der Waals surface area contributed by atoms with E-state index in [-0.39, 0.29) is 17.7 Å². The maximum Gasteiger partial charge on any atom is 0.271 e. The summed E-state index contributed by atoms with van der Waals surface area (Å²) in [4.78, 5) is 30.8. The van der Waals surface area contributed by atoms with Crippen LogP contribution >= 0.6 is 0 Å². The van der Waals surface area contributed by atoms with Crippen LogP contribution < -0.4 is 0 Å². The van der Waals surface area contributed by atoms with Gasteiger partial charge in [-0.2, -0.15) is 0 Å². The van der Waals surface area contributed by atoms with E-state index < -0.39 is 0 Å². The van der Waals surface area contributed by atoms with Crippen molar-refractivity contribution in [2.45, 2.75) is 58.9 Å². The zero-order chi connectivity index (χ0) is 18.8. The molecule has 0 spiro atoms. The number of carbonyl (C=O) groups is 2. The molecular formula is C21H29N3O2. The molecule has 3 heterocycles. The van der Waals surface area contributed by atoms with Gasteiger partial charge in [-0.1, -0.05) is 19.8 Å². The minimum atomic E-state index is 0.0181. The SMILES string of the molecule is CCc1c(C(=O)N2CCCCC[C@@H]2c2cccn2C)[nH]c(C)c1C(C)=O. The largest absolute Gasteiger partial charge is 0.354 e. The maximum atomic E-state index is 13.5. The fourth-order valence-electron chi connectivity index (χ4n) is 4.31. The van der Waals surface area contributed by atoms with E-state index in [0.717, 1.165) is 43.5 Å². The number of aromatic amines is 1. The first kappa shape index (κ1) is 18.5. The Kier molecular flexibility index (Phi) is 5.35. The van der Waals surface area contributed by atoms with Gasteiger partial charge in [-0.3, -0.25) is 9.59 Å². The molecule has 0 aromatic carbocycles. The van der Waals surface area contributed by atoms with Crippen molar-refractivity contribution in [3.05, 3.63) is 46.5 Å². The molecule has 2 aromatic heterocycles. The molecule has 26 heavy (non-hydrogen) atoms. The van der Waals surface area contributed by atoms with Crippen molar-refractivity contribution in [3.8, 4) is 0 Å². The van der Waals surface area contributed by atoms with Crippen molar-refractivity contribution in [1.82, 2.24) is 14.5 Å². The number of carbonyl (C=O) groups excluding carboxylic acids is 2. The molecule has 0 saturated carbocycles. The van der Waals surface area contributed by atoms with E-state index in [1.807, 2.05) is 38.1 Å². The number of nitrogens with zero attached hydrogens (tertiary/aromatic N) is 2. The van der Waals surface area contributed by atoms with Crippen molar-refractivity contribution in [3.63, 3.8) is 0 Å². The molecule has 1 atom stereocenters. The number of Topliss-reactive ketones (excluding diaryl/α,β-unsaturated/α-hetero) is 1. The third-order valence-electron chi connectivity index (χ3n) is 5.55. The highest BCUT2D eigenvalue weighted by molar-refractivity contribution is 6.02.